The van der Waals surface area contributed by atoms with Crippen LogP contribution in [0.5, 0.6) is 0 Å². The zero-order valence-electron chi connectivity index (χ0n) is 9.74. The molecule has 0 spiro atoms. The Labute approximate surface area is 109 Å². The standard InChI is InChI=1S/C11H6F3N5O/c12-11(13,14)7-1-3-8(4-2-7)19-10(16-17-18-19)9-5-6-15-20-9/h1-6H. The first-order chi connectivity index (χ1) is 9.55. The van der Waals surface area contributed by atoms with Gasteiger partial charge in [0.15, 0.2) is 0 Å². The second-order valence-electron chi connectivity index (χ2n) is 3.84. The second kappa shape index (κ2) is 4.44. The van der Waals surface area contributed by atoms with Crippen molar-refractivity contribution in [1.29, 1.82) is 0 Å². The zero-order chi connectivity index (χ0) is 14.2. The van der Waals surface area contributed by atoms with Crippen LogP contribution in [0.15, 0.2) is 41.1 Å². The smallest absolute Gasteiger partial charge is 0.353 e. The van der Waals surface area contributed by atoms with E-state index >= 15 is 0 Å². The number of aromatic nitrogens is 5. The summed E-state index contributed by atoms with van der Waals surface area (Å²) in [6.45, 7) is 0. The molecule has 0 atom stereocenters. The van der Waals surface area contributed by atoms with Gasteiger partial charge in [-0.1, -0.05) is 5.16 Å². The molecule has 0 aliphatic carbocycles. The third-order valence-electron chi connectivity index (χ3n) is 2.57. The van der Waals surface area contributed by atoms with Crippen molar-refractivity contribution in [2.75, 3.05) is 0 Å². The summed E-state index contributed by atoms with van der Waals surface area (Å²) in [4.78, 5) is 0. The third-order valence-corrected chi connectivity index (χ3v) is 2.57. The molecule has 6 nitrogen and oxygen atoms in total. The number of hydrogen-bond donors (Lipinski definition) is 0. The average Bonchev–Trinajstić information content (AvgIpc) is 3.08. The lowest BCUT2D eigenvalue weighted by Gasteiger charge is -2.07. The van der Waals surface area contributed by atoms with Crippen LogP contribution in [0.1, 0.15) is 5.56 Å². The molecule has 0 N–H and O–H groups in total. The lowest BCUT2D eigenvalue weighted by atomic mass is 10.2. The van der Waals surface area contributed by atoms with Crippen LogP contribution in [-0.2, 0) is 6.18 Å². The molecular formula is C11H6F3N5O. The normalized spacial score (nSPS) is 11.8. The molecule has 0 saturated carbocycles. The van der Waals surface area contributed by atoms with Crippen molar-refractivity contribution in [2.45, 2.75) is 6.18 Å². The minimum atomic E-state index is -4.38. The fourth-order valence-electron chi connectivity index (χ4n) is 1.64. The predicted molar refractivity (Wildman–Crippen MR) is 59.7 cm³/mol. The number of nitrogens with zero attached hydrogens (tertiary/aromatic N) is 5. The summed E-state index contributed by atoms with van der Waals surface area (Å²) in [5.41, 5.74) is -0.357. The molecule has 0 saturated heterocycles. The maximum Gasteiger partial charge on any atom is 0.416 e. The highest BCUT2D eigenvalue weighted by Gasteiger charge is 2.30. The van der Waals surface area contributed by atoms with E-state index in [1.165, 1.54) is 23.0 Å². The minimum absolute atomic E-state index is 0.252. The fourth-order valence-corrected chi connectivity index (χ4v) is 1.64. The van der Waals surface area contributed by atoms with Gasteiger partial charge < -0.3 is 4.52 Å². The predicted octanol–water partition coefficient (Wildman–Crippen LogP) is 2.34. The number of alkyl halides is 3. The van der Waals surface area contributed by atoms with Gasteiger partial charge in [-0.05, 0) is 34.7 Å². The first-order valence-electron chi connectivity index (χ1n) is 5.43. The highest BCUT2D eigenvalue weighted by Crippen LogP contribution is 2.30. The third kappa shape index (κ3) is 2.13. The topological polar surface area (TPSA) is 69.6 Å². The summed E-state index contributed by atoms with van der Waals surface area (Å²) in [5.74, 6) is 0.567. The van der Waals surface area contributed by atoms with Crippen molar-refractivity contribution in [3.63, 3.8) is 0 Å². The first-order valence-corrected chi connectivity index (χ1v) is 5.43. The molecule has 20 heavy (non-hydrogen) atoms. The van der Waals surface area contributed by atoms with Gasteiger partial charge in [0.05, 0.1) is 17.4 Å². The summed E-state index contributed by atoms with van der Waals surface area (Å²) in [7, 11) is 0. The molecule has 102 valence electrons. The summed E-state index contributed by atoms with van der Waals surface area (Å²) >= 11 is 0. The van der Waals surface area contributed by atoms with E-state index in [9.17, 15) is 13.2 Å². The molecule has 3 rings (SSSR count). The molecule has 0 aliphatic rings. The van der Waals surface area contributed by atoms with Crippen LogP contribution in [0.2, 0.25) is 0 Å². The van der Waals surface area contributed by atoms with E-state index in [1.807, 2.05) is 0 Å². The molecule has 9 heteroatoms. The van der Waals surface area contributed by atoms with Crippen molar-refractivity contribution in [3.8, 4) is 17.3 Å². The Morgan fingerprint density at radius 2 is 1.80 bits per heavy atom. The van der Waals surface area contributed by atoms with E-state index < -0.39 is 11.7 Å². The van der Waals surface area contributed by atoms with Crippen molar-refractivity contribution in [1.82, 2.24) is 25.4 Å². The van der Waals surface area contributed by atoms with Crippen molar-refractivity contribution >= 4 is 0 Å². The van der Waals surface area contributed by atoms with Gasteiger partial charge >= 0.3 is 6.18 Å². The van der Waals surface area contributed by atoms with Gasteiger partial charge in [-0.25, -0.2) is 0 Å². The summed E-state index contributed by atoms with van der Waals surface area (Å²) in [5, 5.41) is 14.5. The molecule has 0 radical (unpaired) electrons. The van der Waals surface area contributed by atoms with Gasteiger partial charge in [0.1, 0.15) is 0 Å². The summed E-state index contributed by atoms with van der Waals surface area (Å²) in [6.07, 6.45) is -2.96. The van der Waals surface area contributed by atoms with E-state index in [1.54, 1.807) is 6.07 Å². The van der Waals surface area contributed by atoms with Crippen LogP contribution in [0, 0.1) is 0 Å². The molecule has 2 heterocycles. The first kappa shape index (κ1) is 12.3. The highest BCUT2D eigenvalue weighted by molar-refractivity contribution is 5.49. The average molecular weight is 281 g/mol. The lowest BCUT2D eigenvalue weighted by molar-refractivity contribution is -0.137. The van der Waals surface area contributed by atoms with Gasteiger partial charge in [0, 0.05) is 6.07 Å². The Morgan fingerprint density at radius 1 is 1.05 bits per heavy atom. The Kier molecular flexibility index (Phi) is 2.74. The summed E-state index contributed by atoms with van der Waals surface area (Å²) in [6, 6.07) is 6.02. The van der Waals surface area contributed by atoms with Crippen LogP contribution in [0.4, 0.5) is 13.2 Å². The van der Waals surface area contributed by atoms with Crippen LogP contribution in [-0.4, -0.2) is 25.4 Å². The maximum absolute atomic E-state index is 12.5. The molecule has 3 aromatic rings. The quantitative estimate of drug-likeness (QED) is 0.721. The number of hydrogen-bond acceptors (Lipinski definition) is 5. The van der Waals surface area contributed by atoms with E-state index in [0.29, 0.717) is 11.4 Å². The second-order valence-corrected chi connectivity index (χ2v) is 3.84. The van der Waals surface area contributed by atoms with E-state index in [0.717, 1.165) is 12.1 Å². The van der Waals surface area contributed by atoms with Gasteiger partial charge in [0.25, 0.3) is 0 Å². The highest BCUT2D eigenvalue weighted by atomic mass is 19.4. The Bertz CT molecular complexity index is 702. The van der Waals surface area contributed by atoms with Crippen LogP contribution in [0.25, 0.3) is 17.3 Å². The molecule has 0 amide bonds. The monoisotopic (exact) mass is 281 g/mol. The largest absolute Gasteiger partial charge is 0.416 e. The van der Waals surface area contributed by atoms with Crippen LogP contribution >= 0.6 is 0 Å². The summed E-state index contributed by atoms with van der Waals surface area (Å²) < 4.78 is 43.7. The van der Waals surface area contributed by atoms with Crippen molar-refractivity contribution < 1.29 is 17.7 Å². The zero-order valence-corrected chi connectivity index (χ0v) is 9.74. The molecule has 0 aliphatic heterocycles. The molecule has 0 bridgehead atoms. The Morgan fingerprint density at radius 3 is 2.40 bits per heavy atom. The molecule has 0 fully saturated rings. The molecular weight excluding hydrogens is 275 g/mol. The maximum atomic E-state index is 12.5. The van der Waals surface area contributed by atoms with E-state index in [2.05, 4.69) is 20.7 Å². The van der Waals surface area contributed by atoms with Crippen LogP contribution in [0.3, 0.4) is 0 Å². The SMILES string of the molecule is FC(F)(F)c1ccc(-n2nnnc2-c2ccno2)cc1. The molecule has 0 unspecified atom stereocenters. The fraction of sp³-hybridized carbons (Fsp3) is 0.0909. The van der Waals surface area contributed by atoms with Gasteiger partial charge in [0.2, 0.25) is 11.6 Å². The van der Waals surface area contributed by atoms with Crippen molar-refractivity contribution in [2.24, 2.45) is 0 Å². The number of benzene rings is 1. The van der Waals surface area contributed by atoms with E-state index in [-0.39, 0.29) is 5.82 Å². The Balaban J connectivity index is 2.01. The minimum Gasteiger partial charge on any atom is -0.353 e. The number of tetrazole rings is 1. The van der Waals surface area contributed by atoms with Crippen LogP contribution < -0.4 is 0 Å². The Hall–Kier alpha value is -2.71. The molecule has 2 aromatic heterocycles. The van der Waals surface area contributed by atoms with Crippen molar-refractivity contribution in [3.05, 3.63) is 42.1 Å². The molecule has 1 aromatic carbocycles. The van der Waals surface area contributed by atoms with Gasteiger partial charge in [-0.15, -0.1) is 5.10 Å². The van der Waals surface area contributed by atoms with Gasteiger partial charge in [-0.2, -0.15) is 17.9 Å². The van der Waals surface area contributed by atoms with E-state index in [4.69, 9.17) is 4.52 Å². The lowest BCUT2D eigenvalue weighted by Crippen LogP contribution is -2.05. The number of halogens is 3. The number of rotatable bonds is 2. The van der Waals surface area contributed by atoms with Gasteiger partial charge in [-0.3, -0.25) is 0 Å².